The van der Waals surface area contributed by atoms with Crippen molar-refractivity contribution in [2.45, 2.75) is 25.0 Å². The van der Waals surface area contributed by atoms with Gasteiger partial charge in [-0.15, -0.1) is 0 Å². The molecule has 1 N–H and O–H groups in total. The Labute approximate surface area is 213 Å². The van der Waals surface area contributed by atoms with Gasteiger partial charge in [-0.3, -0.25) is 9.59 Å². The topological polar surface area (TPSA) is 97.2 Å². The van der Waals surface area contributed by atoms with Crippen molar-refractivity contribution >= 4 is 22.7 Å². The van der Waals surface area contributed by atoms with Crippen LogP contribution in [0.4, 0.5) is 0 Å². The van der Waals surface area contributed by atoms with Gasteiger partial charge in [-0.25, -0.2) is 0 Å². The van der Waals surface area contributed by atoms with E-state index in [1.165, 1.54) is 0 Å². The summed E-state index contributed by atoms with van der Waals surface area (Å²) in [5, 5.41) is 1.04. The number of ether oxygens (including phenoxy) is 3. The minimum Gasteiger partial charge on any atom is -0.493 e. The molecule has 2 aliphatic rings. The second-order valence-corrected chi connectivity index (χ2v) is 9.22. The number of benzene rings is 2. The number of aromatic amines is 1. The maximum absolute atomic E-state index is 13.8. The van der Waals surface area contributed by atoms with Gasteiger partial charge in [0.15, 0.2) is 11.5 Å². The summed E-state index contributed by atoms with van der Waals surface area (Å²) in [4.78, 5) is 34.4. The van der Waals surface area contributed by atoms with Crippen LogP contribution in [0, 0.1) is 0 Å². The summed E-state index contributed by atoms with van der Waals surface area (Å²) in [5.74, 6) is 1.81. The SMILES string of the molecule is COc1cc([C@@H]2c3[nH]c4ccccc4c3C[C@@H]3C(=O)N(Cc4ccco4)CC(=O)N23)cc(OC)c1OC. The third-order valence-corrected chi connectivity index (χ3v) is 7.27. The number of nitrogens with one attached hydrogen (secondary N) is 1. The van der Waals surface area contributed by atoms with E-state index in [9.17, 15) is 9.59 Å². The molecule has 2 atom stereocenters. The number of fused-ring (bicyclic) bond motifs is 4. The minimum absolute atomic E-state index is 0.0352. The maximum Gasteiger partial charge on any atom is 0.246 e. The van der Waals surface area contributed by atoms with Gasteiger partial charge in [0.1, 0.15) is 18.3 Å². The molecule has 37 heavy (non-hydrogen) atoms. The fourth-order valence-corrected chi connectivity index (χ4v) is 5.65. The molecule has 0 unspecified atom stereocenters. The van der Waals surface area contributed by atoms with Crippen molar-refractivity contribution in [2.24, 2.45) is 0 Å². The number of H-pyrrole nitrogens is 1. The van der Waals surface area contributed by atoms with Crippen LogP contribution in [0.25, 0.3) is 10.9 Å². The fraction of sp³-hybridized carbons (Fsp3) is 0.286. The average molecular weight is 502 g/mol. The highest BCUT2D eigenvalue weighted by Crippen LogP contribution is 2.47. The summed E-state index contributed by atoms with van der Waals surface area (Å²) >= 11 is 0. The monoisotopic (exact) mass is 501 g/mol. The Balaban J connectivity index is 1.52. The van der Waals surface area contributed by atoms with E-state index in [0.29, 0.717) is 29.4 Å². The minimum atomic E-state index is -0.660. The largest absolute Gasteiger partial charge is 0.493 e. The van der Waals surface area contributed by atoms with Gasteiger partial charge in [-0.1, -0.05) is 18.2 Å². The first-order valence-corrected chi connectivity index (χ1v) is 12.1. The Morgan fingerprint density at radius 1 is 1.00 bits per heavy atom. The van der Waals surface area contributed by atoms with Gasteiger partial charge in [-0.05, 0) is 41.5 Å². The highest BCUT2D eigenvalue weighted by atomic mass is 16.5. The Bertz CT molecular complexity index is 1470. The molecule has 0 bridgehead atoms. The maximum atomic E-state index is 13.8. The molecule has 4 aromatic rings. The fourth-order valence-electron chi connectivity index (χ4n) is 5.65. The number of piperazine rings is 1. The quantitative estimate of drug-likeness (QED) is 0.433. The average Bonchev–Trinajstić information content (AvgIpc) is 3.57. The van der Waals surface area contributed by atoms with Crippen LogP contribution < -0.4 is 14.2 Å². The van der Waals surface area contributed by atoms with Gasteiger partial charge in [0.25, 0.3) is 0 Å². The van der Waals surface area contributed by atoms with E-state index in [-0.39, 0.29) is 24.9 Å². The summed E-state index contributed by atoms with van der Waals surface area (Å²) in [6.45, 7) is 0.212. The van der Waals surface area contributed by atoms with Gasteiger partial charge in [-0.2, -0.15) is 0 Å². The zero-order valence-electron chi connectivity index (χ0n) is 20.8. The number of carbonyl (C=O) groups is 2. The van der Waals surface area contributed by atoms with Crippen molar-refractivity contribution in [1.82, 2.24) is 14.8 Å². The normalized spacial score (nSPS) is 19.1. The van der Waals surface area contributed by atoms with Crippen molar-refractivity contribution in [3.63, 3.8) is 0 Å². The number of hydrogen-bond acceptors (Lipinski definition) is 6. The van der Waals surface area contributed by atoms with Crippen LogP contribution in [0.15, 0.2) is 59.2 Å². The summed E-state index contributed by atoms with van der Waals surface area (Å²) in [7, 11) is 4.66. The molecule has 4 heterocycles. The highest BCUT2D eigenvalue weighted by Gasteiger charge is 2.48. The number of rotatable bonds is 6. The van der Waals surface area contributed by atoms with Crippen LogP contribution in [-0.4, -0.2) is 60.5 Å². The number of amides is 2. The Morgan fingerprint density at radius 3 is 2.43 bits per heavy atom. The summed E-state index contributed by atoms with van der Waals surface area (Å²) in [6, 6.07) is 14.1. The van der Waals surface area contributed by atoms with E-state index in [2.05, 4.69) is 4.98 Å². The zero-order valence-corrected chi connectivity index (χ0v) is 20.8. The third kappa shape index (κ3) is 3.61. The number of furan rings is 1. The molecule has 2 aromatic carbocycles. The van der Waals surface area contributed by atoms with Crippen LogP contribution in [0.1, 0.15) is 28.6 Å². The molecule has 2 aliphatic heterocycles. The first kappa shape index (κ1) is 23.0. The lowest BCUT2D eigenvalue weighted by Gasteiger charge is -2.47. The molecule has 6 rings (SSSR count). The standard InChI is InChI=1S/C28H27N3O6/c1-34-22-11-16(12-23(35-2)27(22)36-3)26-25-19(18-8-4-5-9-20(18)29-25)13-21-28(33)30(15-24(32)31(21)26)14-17-7-6-10-37-17/h4-12,21,26,29H,13-15H2,1-3H3/t21-,26-/m1/s1. The van der Waals surface area contributed by atoms with Gasteiger partial charge < -0.3 is 33.4 Å². The molecule has 0 spiro atoms. The number of methoxy groups -OCH3 is 3. The van der Waals surface area contributed by atoms with E-state index in [4.69, 9.17) is 18.6 Å². The Kier molecular flexibility index (Phi) is 5.55. The first-order chi connectivity index (χ1) is 18.0. The molecule has 2 aromatic heterocycles. The number of aromatic nitrogens is 1. The first-order valence-electron chi connectivity index (χ1n) is 12.1. The van der Waals surface area contributed by atoms with Crippen LogP contribution in [-0.2, 0) is 22.6 Å². The Morgan fingerprint density at radius 2 is 1.76 bits per heavy atom. The predicted molar refractivity (Wildman–Crippen MR) is 135 cm³/mol. The van der Waals surface area contributed by atoms with Gasteiger partial charge in [0.05, 0.1) is 40.2 Å². The highest BCUT2D eigenvalue weighted by molar-refractivity contribution is 5.97. The molecule has 2 amide bonds. The van der Waals surface area contributed by atoms with Crippen molar-refractivity contribution in [1.29, 1.82) is 0 Å². The van der Waals surface area contributed by atoms with Crippen LogP contribution in [0.5, 0.6) is 17.2 Å². The molecule has 0 aliphatic carbocycles. The van der Waals surface area contributed by atoms with E-state index >= 15 is 0 Å². The van der Waals surface area contributed by atoms with Gasteiger partial charge in [0.2, 0.25) is 17.6 Å². The van der Waals surface area contributed by atoms with Gasteiger partial charge in [0, 0.05) is 23.0 Å². The number of para-hydroxylation sites is 1. The molecule has 0 saturated carbocycles. The van der Waals surface area contributed by atoms with Crippen molar-refractivity contribution in [3.05, 3.63) is 77.4 Å². The second-order valence-electron chi connectivity index (χ2n) is 9.22. The van der Waals surface area contributed by atoms with E-state index in [1.807, 2.05) is 42.5 Å². The third-order valence-electron chi connectivity index (χ3n) is 7.27. The summed E-state index contributed by atoms with van der Waals surface area (Å²) < 4.78 is 22.2. The smallest absolute Gasteiger partial charge is 0.246 e. The molecule has 190 valence electrons. The lowest BCUT2D eigenvalue weighted by Crippen LogP contribution is -2.62. The zero-order chi connectivity index (χ0) is 25.7. The lowest BCUT2D eigenvalue weighted by molar-refractivity contribution is -0.159. The van der Waals surface area contributed by atoms with Crippen molar-refractivity contribution in [2.75, 3.05) is 27.9 Å². The molecule has 9 nitrogen and oxygen atoms in total. The molecular weight excluding hydrogens is 474 g/mol. The van der Waals surface area contributed by atoms with Crippen molar-refractivity contribution < 1.29 is 28.2 Å². The molecule has 1 fully saturated rings. The van der Waals surface area contributed by atoms with Gasteiger partial charge >= 0.3 is 0 Å². The Hall–Kier alpha value is -4.40. The number of nitrogens with zero attached hydrogens (tertiary/aromatic N) is 2. The summed E-state index contributed by atoms with van der Waals surface area (Å²) in [6.07, 6.45) is 1.98. The van der Waals surface area contributed by atoms with E-state index in [0.717, 1.165) is 27.7 Å². The molecule has 9 heteroatoms. The lowest BCUT2D eigenvalue weighted by atomic mass is 9.86. The second kappa shape index (κ2) is 8.92. The molecular formula is C28H27N3O6. The number of carbonyl (C=O) groups excluding carboxylic acids is 2. The molecule has 1 saturated heterocycles. The predicted octanol–water partition coefficient (Wildman–Crippen LogP) is 3.67. The van der Waals surface area contributed by atoms with E-state index in [1.54, 1.807) is 43.5 Å². The van der Waals surface area contributed by atoms with Crippen LogP contribution in [0.2, 0.25) is 0 Å². The number of hydrogen-bond donors (Lipinski definition) is 1. The van der Waals surface area contributed by atoms with Crippen molar-refractivity contribution in [3.8, 4) is 17.2 Å². The summed E-state index contributed by atoms with van der Waals surface area (Å²) in [5.41, 5.74) is 3.62. The molecule has 0 radical (unpaired) electrons. The van der Waals surface area contributed by atoms with E-state index < -0.39 is 12.1 Å². The van der Waals surface area contributed by atoms with Crippen LogP contribution >= 0.6 is 0 Å². The van der Waals surface area contributed by atoms with Crippen LogP contribution in [0.3, 0.4) is 0 Å².